The lowest BCUT2D eigenvalue weighted by atomic mass is 9.92. The zero-order chi connectivity index (χ0) is 30.2. The zero-order valence-electron chi connectivity index (χ0n) is 24.8. The highest BCUT2D eigenvalue weighted by Gasteiger charge is 2.49. The average Bonchev–Trinajstić information content (AvgIpc) is 3.77. The van der Waals surface area contributed by atoms with E-state index < -0.39 is 17.5 Å². The number of alkyl halides is 1. The molecule has 4 fully saturated rings. The minimum atomic E-state index is -0.890. The molecular formula is C34H36F3N5O2. The monoisotopic (exact) mass is 603 g/mol. The smallest absolute Gasteiger partial charge is 0.319 e. The minimum absolute atomic E-state index is 0.0349. The Balaban J connectivity index is 1.26. The second-order valence-corrected chi connectivity index (χ2v) is 13.0. The second kappa shape index (κ2) is 10.5. The largest absolute Gasteiger partial charge is 0.508 e. The Kier molecular flexibility index (Phi) is 6.64. The first-order valence-corrected chi connectivity index (χ1v) is 15.8. The number of benzene rings is 3. The van der Waals surface area contributed by atoms with E-state index in [1.807, 2.05) is 13.0 Å². The van der Waals surface area contributed by atoms with Crippen molar-refractivity contribution in [2.75, 3.05) is 44.2 Å². The number of aromatic nitrogens is 2. The molecule has 0 saturated carbocycles. The molecule has 0 spiro atoms. The van der Waals surface area contributed by atoms with Gasteiger partial charge in [-0.3, -0.25) is 4.90 Å². The summed E-state index contributed by atoms with van der Waals surface area (Å²) in [5, 5.41) is 15.9. The van der Waals surface area contributed by atoms with Crippen LogP contribution in [-0.4, -0.2) is 77.1 Å². The average molecular weight is 604 g/mol. The standard InChI is InChI=1S/C34H36F3N5O2/c1-2-23-27(36)7-4-19-12-22(43)13-26(29(19)23)24-5-6-25-31(30(24)37)39-33(40-32(25)41-15-20-8-10-38-28(20)17-41)44-18-34-9-3-11-42(34)16-21(35)14-34/h4-7,12-13,20-21,28,38,43H,2-3,8-11,14-18H2,1H3/t20-,21-,28+,34+/m1/s1. The predicted octanol–water partition coefficient (Wildman–Crippen LogP) is 5.75. The Hall–Kier alpha value is -3.63. The SMILES string of the molecule is CCc1c(F)ccc2cc(O)cc(-c3ccc4c(N5C[C@H]6CCN[C@H]6C5)nc(OC[C@@]56CCCN5C[C@H](F)C6)nc4c3F)c12. The number of nitrogens with zero attached hydrogens (tertiary/aromatic N) is 4. The van der Waals surface area contributed by atoms with Gasteiger partial charge in [0.1, 0.15) is 35.7 Å². The summed E-state index contributed by atoms with van der Waals surface area (Å²) < 4.78 is 52.5. The van der Waals surface area contributed by atoms with Crippen LogP contribution < -0.4 is 15.0 Å². The molecule has 4 aromatic rings. The topological polar surface area (TPSA) is 73.8 Å². The number of rotatable bonds is 6. The number of aryl methyl sites for hydroxylation is 1. The summed E-state index contributed by atoms with van der Waals surface area (Å²) in [4.78, 5) is 13.8. The first kappa shape index (κ1) is 27.9. The Bertz CT molecular complexity index is 1770. The van der Waals surface area contributed by atoms with Gasteiger partial charge >= 0.3 is 6.01 Å². The summed E-state index contributed by atoms with van der Waals surface area (Å²) in [5.74, 6) is 0.109. The number of aromatic hydroxyl groups is 1. The number of phenolic OH excluding ortho intramolecular Hbond substituents is 1. The molecule has 0 radical (unpaired) electrons. The van der Waals surface area contributed by atoms with Crippen LogP contribution in [0.3, 0.4) is 0 Å². The van der Waals surface area contributed by atoms with Gasteiger partial charge in [-0.05, 0) is 90.9 Å². The van der Waals surface area contributed by atoms with Crippen molar-refractivity contribution in [1.29, 1.82) is 0 Å². The van der Waals surface area contributed by atoms with Crippen LogP contribution in [0.2, 0.25) is 0 Å². The third-order valence-electron chi connectivity index (χ3n) is 10.5. The van der Waals surface area contributed by atoms with Gasteiger partial charge in [0.05, 0.1) is 5.54 Å². The van der Waals surface area contributed by atoms with Gasteiger partial charge in [-0.2, -0.15) is 9.97 Å². The van der Waals surface area contributed by atoms with Crippen molar-refractivity contribution in [3.63, 3.8) is 0 Å². The highest BCUT2D eigenvalue weighted by molar-refractivity contribution is 6.03. The zero-order valence-corrected chi connectivity index (χ0v) is 24.8. The lowest BCUT2D eigenvalue weighted by Crippen LogP contribution is -2.43. The van der Waals surface area contributed by atoms with E-state index in [0.29, 0.717) is 64.4 Å². The van der Waals surface area contributed by atoms with E-state index in [-0.39, 0.29) is 35.3 Å². The Morgan fingerprint density at radius 1 is 1.09 bits per heavy atom. The molecule has 4 aliphatic rings. The molecule has 0 bridgehead atoms. The molecule has 8 rings (SSSR count). The molecule has 7 nitrogen and oxygen atoms in total. The molecule has 3 aromatic carbocycles. The van der Waals surface area contributed by atoms with Gasteiger partial charge in [-0.15, -0.1) is 0 Å². The maximum Gasteiger partial charge on any atom is 0.319 e. The third kappa shape index (κ3) is 4.40. The van der Waals surface area contributed by atoms with Crippen LogP contribution in [0.5, 0.6) is 11.8 Å². The van der Waals surface area contributed by atoms with Crippen molar-refractivity contribution in [2.45, 2.75) is 56.8 Å². The van der Waals surface area contributed by atoms with Crippen molar-refractivity contribution in [2.24, 2.45) is 5.92 Å². The summed E-state index contributed by atoms with van der Waals surface area (Å²) in [6.07, 6.45) is 2.83. The Morgan fingerprint density at radius 2 is 1.98 bits per heavy atom. The molecule has 1 aromatic heterocycles. The first-order valence-electron chi connectivity index (χ1n) is 15.8. The molecule has 0 amide bonds. The fourth-order valence-corrected chi connectivity index (χ4v) is 8.37. The quantitative estimate of drug-likeness (QED) is 0.291. The number of ether oxygens (including phenoxy) is 1. The fourth-order valence-electron chi connectivity index (χ4n) is 8.37. The van der Waals surface area contributed by atoms with Crippen LogP contribution in [0.25, 0.3) is 32.8 Å². The fraction of sp³-hybridized carbons (Fsp3) is 0.471. The van der Waals surface area contributed by atoms with E-state index in [0.717, 1.165) is 45.4 Å². The molecule has 2 N–H and O–H groups in total. The maximum atomic E-state index is 16.8. The first-order chi connectivity index (χ1) is 21.3. The molecule has 4 aliphatic heterocycles. The lowest BCUT2D eigenvalue weighted by molar-refractivity contribution is 0.107. The van der Waals surface area contributed by atoms with Gasteiger partial charge in [0.2, 0.25) is 0 Å². The van der Waals surface area contributed by atoms with Crippen LogP contribution in [0, 0.1) is 17.6 Å². The number of anilines is 1. The number of hydrogen-bond donors (Lipinski definition) is 2. The van der Waals surface area contributed by atoms with Gasteiger partial charge in [-0.25, -0.2) is 13.2 Å². The highest BCUT2D eigenvalue weighted by Crippen LogP contribution is 2.43. The van der Waals surface area contributed by atoms with Crippen LogP contribution in [-0.2, 0) is 6.42 Å². The second-order valence-electron chi connectivity index (χ2n) is 13.0. The molecule has 230 valence electrons. The highest BCUT2D eigenvalue weighted by atomic mass is 19.1. The molecule has 4 atom stereocenters. The summed E-state index contributed by atoms with van der Waals surface area (Å²) in [7, 11) is 0. The summed E-state index contributed by atoms with van der Waals surface area (Å²) in [5.41, 5.74) is 0.788. The van der Waals surface area contributed by atoms with Gasteiger partial charge in [0.25, 0.3) is 0 Å². The molecule has 5 heterocycles. The number of phenols is 1. The number of fused-ring (bicyclic) bond motifs is 4. The van der Waals surface area contributed by atoms with Crippen molar-refractivity contribution in [3.05, 3.63) is 53.6 Å². The molecule has 4 saturated heterocycles. The summed E-state index contributed by atoms with van der Waals surface area (Å²) >= 11 is 0. The van der Waals surface area contributed by atoms with Crippen molar-refractivity contribution >= 4 is 27.5 Å². The van der Waals surface area contributed by atoms with Gasteiger partial charge in [0.15, 0.2) is 5.82 Å². The van der Waals surface area contributed by atoms with Crippen molar-refractivity contribution in [3.8, 4) is 22.9 Å². The molecular weight excluding hydrogens is 567 g/mol. The summed E-state index contributed by atoms with van der Waals surface area (Å²) in [6, 6.07) is 9.94. The number of halogens is 3. The van der Waals surface area contributed by atoms with E-state index in [9.17, 15) is 13.9 Å². The van der Waals surface area contributed by atoms with Crippen LogP contribution in [0.4, 0.5) is 19.0 Å². The van der Waals surface area contributed by atoms with Crippen molar-refractivity contribution in [1.82, 2.24) is 20.2 Å². The number of nitrogens with one attached hydrogen (secondary N) is 1. The van der Waals surface area contributed by atoms with E-state index in [1.165, 1.54) is 12.1 Å². The van der Waals surface area contributed by atoms with Crippen molar-refractivity contribution < 1.29 is 23.0 Å². The Morgan fingerprint density at radius 3 is 2.82 bits per heavy atom. The Labute approximate surface area is 254 Å². The lowest BCUT2D eigenvalue weighted by Gasteiger charge is -2.31. The summed E-state index contributed by atoms with van der Waals surface area (Å²) in [6.45, 7) is 5.88. The van der Waals surface area contributed by atoms with E-state index >= 15 is 4.39 Å². The molecule has 10 heteroatoms. The normalized spacial score (nSPS) is 26.6. The molecule has 0 unspecified atom stereocenters. The van der Waals surface area contributed by atoms with Gasteiger partial charge in [0, 0.05) is 43.0 Å². The molecule has 44 heavy (non-hydrogen) atoms. The van der Waals surface area contributed by atoms with Crippen LogP contribution in [0.15, 0.2) is 36.4 Å². The predicted molar refractivity (Wildman–Crippen MR) is 164 cm³/mol. The molecule has 0 aliphatic carbocycles. The van der Waals surface area contributed by atoms with E-state index in [4.69, 9.17) is 9.72 Å². The van der Waals surface area contributed by atoms with Gasteiger partial charge in [-0.1, -0.05) is 19.1 Å². The van der Waals surface area contributed by atoms with Crippen LogP contribution >= 0.6 is 0 Å². The van der Waals surface area contributed by atoms with E-state index in [1.54, 1.807) is 18.2 Å². The minimum Gasteiger partial charge on any atom is -0.508 e. The van der Waals surface area contributed by atoms with Crippen LogP contribution in [0.1, 0.15) is 38.2 Å². The number of hydrogen-bond acceptors (Lipinski definition) is 7. The van der Waals surface area contributed by atoms with Gasteiger partial charge < -0.3 is 20.1 Å². The maximum absolute atomic E-state index is 16.8. The third-order valence-corrected chi connectivity index (χ3v) is 10.5. The van der Waals surface area contributed by atoms with E-state index in [2.05, 4.69) is 20.1 Å².